The molecule has 0 radical (unpaired) electrons. The summed E-state index contributed by atoms with van der Waals surface area (Å²) in [6, 6.07) is 0.598. The molecule has 2 fully saturated rings. The average molecular weight is 168 g/mol. The number of nitrogens with zero attached hydrogens (tertiary/aromatic N) is 1. The van der Waals surface area contributed by atoms with Crippen LogP contribution in [0.3, 0.4) is 0 Å². The SMILES string of the molecule is CC(CN)N1CCC2(CC1)CC2. The number of piperidine rings is 1. The summed E-state index contributed by atoms with van der Waals surface area (Å²) in [7, 11) is 0. The highest BCUT2D eigenvalue weighted by Crippen LogP contribution is 2.53. The highest BCUT2D eigenvalue weighted by atomic mass is 15.2. The molecule has 1 atom stereocenters. The minimum atomic E-state index is 0.598. The van der Waals surface area contributed by atoms with Gasteiger partial charge in [-0.1, -0.05) is 0 Å². The molecule has 0 aromatic carbocycles. The third-order valence-electron chi connectivity index (χ3n) is 3.78. The van der Waals surface area contributed by atoms with Gasteiger partial charge in [-0.3, -0.25) is 4.90 Å². The van der Waals surface area contributed by atoms with Gasteiger partial charge < -0.3 is 5.73 Å². The number of hydrogen-bond acceptors (Lipinski definition) is 2. The smallest absolute Gasteiger partial charge is 0.0190 e. The van der Waals surface area contributed by atoms with Crippen molar-refractivity contribution >= 4 is 0 Å². The molecule has 70 valence electrons. The van der Waals surface area contributed by atoms with Gasteiger partial charge in [0.15, 0.2) is 0 Å². The predicted molar refractivity (Wildman–Crippen MR) is 51.0 cm³/mol. The van der Waals surface area contributed by atoms with Gasteiger partial charge in [-0.15, -0.1) is 0 Å². The third kappa shape index (κ3) is 1.50. The monoisotopic (exact) mass is 168 g/mol. The average Bonchev–Trinajstić information content (AvgIpc) is 2.85. The Labute approximate surface area is 75.1 Å². The molecule has 1 spiro atoms. The molecule has 1 saturated carbocycles. The maximum atomic E-state index is 5.64. The molecule has 0 aromatic rings. The first-order chi connectivity index (χ1) is 5.76. The summed E-state index contributed by atoms with van der Waals surface area (Å²) in [6.07, 6.45) is 5.85. The first-order valence-electron chi connectivity index (χ1n) is 5.20. The van der Waals surface area contributed by atoms with E-state index in [9.17, 15) is 0 Å². The Bertz CT molecular complexity index is 153. The molecule has 2 N–H and O–H groups in total. The molecule has 2 aliphatic rings. The fourth-order valence-electron chi connectivity index (χ4n) is 2.26. The molecule has 1 unspecified atom stereocenters. The van der Waals surface area contributed by atoms with Crippen LogP contribution in [0.4, 0.5) is 0 Å². The van der Waals surface area contributed by atoms with E-state index in [1.807, 2.05) is 0 Å². The molecule has 12 heavy (non-hydrogen) atoms. The second-order valence-corrected chi connectivity index (χ2v) is 4.62. The van der Waals surface area contributed by atoms with Gasteiger partial charge >= 0.3 is 0 Å². The fourth-order valence-corrected chi connectivity index (χ4v) is 2.26. The van der Waals surface area contributed by atoms with Gasteiger partial charge in [0.05, 0.1) is 0 Å². The van der Waals surface area contributed by atoms with Crippen LogP contribution in [-0.4, -0.2) is 30.6 Å². The van der Waals surface area contributed by atoms with Crippen LogP contribution in [-0.2, 0) is 0 Å². The summed E-state index contributed by atoms with van der Waals surface area (Å²) >= 11 is 0. The zero-order chi connectivity index (χ0) is 8.60. The van der Waals surface area contributed by atoms with Crippen LogP contribution in [0.2, 0.25) is 0 Å². The number of nitrogens with two attached hydrogens (primary N) is 1. The van der Waals surface area contributed by atoms with E-state index < -0.39 is 0 Å². The van der Waals surface area contributed by atoms with E-state index in [0.29, 0.717) is 6.04 Å². The Balaban J connectivity index is 1.81. The summed E-state index contributed by atoms with van der Waals surface area (Å²) in [4.78, 5) is 2.55. The maximum absolute atomic E-state index is 5.64. The molecule has 2 rings (SSSR count). The third-order valence-corrected chi connectivity index (χ3v) is 3.78. The molecule has 1 aliphatic carbocycles. The number of hydrogen-bond donors (Lipinski definition) is 1. The van der Waals surface area contributed by atoms with Crippen molar-refractivity contribution in [3.05, 3.63) is 0 Å². The first kappa shape index (κ1) is 8.52. The van der Waals surface area contributed by atoms with Crippen molar-refractivity contribution in [2.45, 2.75) is 38.6 Å². The van der Waals surface area contributed by atoms with E-state index in [4.69, 9.17) is 5.73 Å². The quantitative estimate of drug-likeness (QED) is 0.671. The van der Waals surface area contributed by atoms with Crippen LogP contribution in [0.5, 0.6) is 0 Å². The first-order valence-corrected chi connectivity index (χ1v) is 5.20. The summed E-state index contributed by atoms with van der Waals surface area (Å²) < 4.78 is 0. The molecule has 2 heteroatoms. The predicted octanol–water partition coefficient (Wildman–Crippen LogP) is 1.21. The highest BCUT2D eigenvalue weighted by Gasteiger charge is 2.44. The molecular formula is C10H20N2. The lowest BCUT2D eigenvalue weighted by molar-refractivity contribution is 0.135. The second kappa shape index (κ2) is 3.00. The Morgan fingerprint density at radius 3 is 2.25 bits per heavy atom. The molecule has 1 heterocycles. The van der Waals surface area contributed by atoms with Crippen LogP contribution >= 0.6 is 0 Å². The number of likely N-dealkylation sites (tertiary alicyclic amines) is 1. The number of rotatable bonds is 2. The van der Waals surface area contributed by atoms with Crippen molar-refractivity contribution in [2.24, 2.45) is 11.1 Å². The Kier molecular flexibility index (Phi) is 2.13. The van der Waals surface area contributed by atoms with Crippen LogP contribution in [0, 0.1) is 5.41 Å². The minimum Gasteiger partial charge on any atom is -0.329 e. The Morgan fingerprint density at radius 2 is 1.83 bits per heavy atom. The topological polar surface area (TPSA) is 29.3 Å². The van der Waals surface area contributed by atoms with Crippen molar-refractivity contribution < 1.29 is 0 Å². The fraction of sp³-hybridized carbons (Fsp3) is 1.00. The molecule has 1 aliphatic heterocycles. The lowest BCUT2D eigenvalue weighted by Gasteiger charge is -2.35. The van der Waals surface area contributed by atoms with Crippen LogP contribution < -0.4 is 5.73 Å². The van der Waals surface area contributed by atoms with Crippen LogP contribution in [0.25, 0.3) is 0 Å². The molecule has 0 aromatic heterocycles. The standard InChI is InChI=1S/C10H20N2/c1-9(8-11)12-6-4-10(2-3-10)5-7-12/h9H,2-8,11H2,1H3. The van der Waals surface area contributed by atoms with Gasteiger partial charge in [0.2, 0.25) is 0 Å². The Hall–Kier alpha value is -0.0800. The molecule has 0 amide bonds. The maximum Gasteiger partial charge on any atom is 0.0190 e. The van der Waals surface area contributed by atoms with Gasteiger partial charge in [0.1, 0.15) is 0 Å². The second-order valence-electron chi connectivity index (χ2n) is 4.62. The molecule has 1 saturated heterocycles. The van der Waals surface area contributed by atoms with E-state index in [0.717, 1.165) is 12.0 Å². The molecule has 2 nitrogen and oxygen atoms in total. The van der Waals surface area contributed by atoms with E-state index in [-0.39, 0.29) is 0 Å². The molecule has 0 bridgehead atoms. The van der Waals surface area contributed by atoms with Crippen molar-refractivity contribution in [3.8, 4) is 0 Å². The Morgan fingerprint density at radius 1 is 1.25 bits per heavy atom. The lowest BCUT2D eigenvalue weighted by atomic mass is 9.93. The van der Waals surface area contributed by atoms with Crippen LogP contribution in [0.15, 0.2) is 0 Å². The summed E-state index contributed by atoms with van der Waals surface area (Å²) in [5.41, 5.74) is 6.45. The van der Waals surface area contributed by atoms with Gasteiger partial charge in [0.25, 0.3) is 0 Å². The van der Waals surface area contributed by atoms with E-state index in [2.05, 4.69) is 11.8 Å². The van der Waals surface area contributed by atoms with Gasteiger partial charge in [-0.25, -0.2) is 0 Å². The van der Waals surface area contributed by atoms with E-state index in [1.165, 1.54) is 38.8 Å². The lowest BCUT2D eigenvalue weighted by Crippen LogP contribution is -2.43. The van der Waals surface area contributed by atoms with Crippen LogP contribution in [0.1, 0.15) is 32.6 Å². The van der Waals surface area contributed by atoms with Gasteiger partial charge in [-0.2, -0.15) is 0 Å². The summed E-state index contributed by atoms with van der Waals surface area (Å²) in [6.45, 7) is 5.63. The highest BCUT2D eigenvalue weighted by molar-refractivity contribution is 4.97. The van der Waals surface area contributed by atoms with Crippen molar-refractivity contribution in [1.29, 1.82) is 0 Å². The minimum absolute atomic E-state index is 0.598. The summed E-state index contributed by atoms with van der Waals surface area (Å²) in [5, 5.41) is 0. The largest absolute Gasteiger partial charge is 0.329 e. The van der Waals surface area contributed by atoms with Gasteiger partial charge in [0, 0.05) is 12.6 Å². The zero-order valence-corrected chi connectivity index (χ0v) is 8.05. The van der Waals surface area contributed by atoms with Crippen molar-refractivity contribution in [3.63, 3.8) is 0 Å². The normalized spacial score (nSPS) is 30.5. The van der Waals surface area contributed by atoms with E-state index >= 15 is 0 Å². The molecular weight excluding hydrogens is 148 g/mol. The van der Waals surface area contributed by atoms with Crippen molar-refractivity contribution in [2.75, 3.05) is 19.6 Å². The van der Waals surface area contributed by atoms with E-state index in [1.54, 1.807) is 0 Å². The zero-order valence-electron chi connectivity index (χ0n) is 8.05. The van der Waals surface area contributed by atoms with Gasteiger partial charge in [-0.05, 0) is 51.1 Å². The van der Waals surface area contributed by atoms with Crippen molar-refractivity contribution in [1.82, 2.24) is 4.90 Å². The summed E-state index contributed by atoms with van der Waals surface area (Å²) in [5.74, 6) is 0.